The van der Waals surface area contributed by atoms with E-state index in [4.69, 9.17) is 4.74 Å². The van der Waals surface area contributed by atoms with Gasteiger partial charge < -0.3 is 9.64 Å². The summed E-state index contributed by atoms with van der Waals surface area (Å²) in [4.78, 5) is 24.8. The average Bonchev–Trinajstić information content (AvgIpc) is 2.35. The Kier molecular flexibility index (Phi) is 4.00. The summed E-state index contributed by atoms with van der Waals surface area (Å²) in [5, 5.41) is 11.0. The molecule has 1 aliphatic heterocycles. The molecule has 1 aromatic carbocycles. The van der Waals surface area contributed by atoms with Crippen LogP contribution in [0.2, 0.25) is 0 Å². The Morgan fingerprint density at radius 3 is 2.71 bits per heavy atom. The highest BCUT2D eigenvalue weighted by atomic mass is 16.6. The molecule has 0 aliphatic carbocycles. The molecule has 1 saturated heterocycles. The molecule has 1 unspecified atom stereocenters. The third-order valence-corrected chi connectivity index (χ3v) is 3.51. The van der Waals surface area contributed by atoms with Crippen molar-refractivity contribution in [2.75, 3.05) is 13.1 Å². The lowest BCUT2D eigenvalue weighted by Crippen LogP contribution is -2.53. The molecule has 0 radical (unpaired) electrons. The van der Waals surface area contributed by atoms with Crippen LogP contribution in [0.3, 0.4) is 0 Å². The number of nitro groups is 1. The van der Waals surface area contributed by atoms with Crippen LogP contribution in [0.1, 0.15) is 36.7 Å². The van der Waals surface area contributed by atoms with E-state index in [1.807, 2.05) is 20.8 Å². The van der Waals surface area contributed by atoms with Crippen molar-refractivity contribution in [3.8, 4) is 0 Å². The number of rotatable bonds is 2. The molecule has 1 amide bonds. The van der Waals surface area contributed by atoms with Gasteiger partial charge in [0.1, 0.15) is 0 Å². The smallest absolute Gasteiger partial charge is 0.273 e. The summed E-state index contributed by atoms with van der Waals surface area (Å²) in [6, 6.07) is 4.60. The number of nitrogens with zero attached hydrogens (tertiary/aromatic N) is 2. The number of hydrogen-bond donors (Lipinski definition) is 0. The van der Waals surface area contributed by atoms with E-state index in [9.17, 15) is 14.9 Å². The van der Waals surface area contributed by atoms with Crippen molar-refractivity contribution in [3.05, 3.63) is 39.4 Å². The molecule has 0 bridgehead atoms. The van der Waals surface area contributed by atoms with Gasteiger partial charge in [0.25, 0.3) is 11.6 Å². The van der Waals surface area contributed by atoms with Crippen LogP contribution in [-0.4, -0.2) is 40.5 Å². The molecule has 1 atom stereocenters. The van der Waals surface area contributed by atoms with E-state index in [1.54, 1.807) is 24.0 Å². The lowest BCUT2D eigenvalue weighted by atomic mass is 10.0. The normalized spacial score (nSPS) is 21.1. The molecule has 0 saturated carbocycles. The molecule has 1 fully saturated rings. The van der Waals surface area contributed by atoms with Crippen LogP contribution in [0.4, 0.5) is 5.69 Å². The first kappa shape index (κ1) is 15.4. The number of benzene rings is 1. The van der Waals surface area contributed by atoms with E-state index in [1.165, 1.54) is 6.07 Å². The molecule has 0 N–H and O–H groups in total. The second-order valence-corrected chi connectivity index (χ2v) is 6.13. The number of carbonyl (C=O) groups is 1. The van der Waals surface area contributed by atoms with E-state index in [0.717, 1.165) is 0 Å². The Labute approximate surface area is 123 Å². The highest BCUT2D eigenvalue weighted by molar-refractivity contribution is 5.95. The van der Waals surface area contributed by atoms with Gasteiger partial charge in [-0.25, -0.2) is 0 Å². The Morgan fingerprint density at radius 2 is 2.14 bits per heavy atom. The van der Waals surface area contributed by atoms with Crippen molar-refractivity contribution < 1.29 is 14.5 Å². The molecule has 2 rings (SSSR count). The Balaban J connectivity index is 2.28. The summed E-state index contributed by atoms with van der Waals surface area (Å²) < 4.78 is 5.77. The Bertz CT molecular complexity index is 583. The highest BCUT2D eigenvalue weighted by Gasteiger charge is 2.34. The number of morpholine rings is 1. The number of aryl methyl sites for hydroxylation is 1. The van der Waals surface area contributed by atoms with Crippen molar-refractivity contribution in [2.45, 2.75) is 39.4 Å². The molecule has 21 heavy (non-hydrogen) atoms. The number of ether oxygens (including phenoxy) is 1. The van der Waals surface area contributed by atoms with Gasteiger partial charge >= 0.3 is 0 Å². The van der Waals surface area contributed by atoms with Crippen molar-refractivity contribution in [1.29, 1.82) is 0 Å². The first-order valence-electron chi connectivity index (χ1n) is 6.92. The molecule has 6 nitrogen and oxygen atoms in total. The van der Waals surface area contributed by atoms with Gasteiger partial charge in [-0.1, -0.05) is 6.07 Å². The van der Waals surface area contributed by atoms with Crippen molar-refractivity contribution >= 4 is 11.6 Å². The second-order valence-electron chi connectivity index (χ2n) is 6.13. The van der Waals surface area contributed by atoms with Crippen LogP contribution in [0, 0.1) is 17.0 Å². The molecule has 114 valence electrons. The monoisotopic (exact) mass is 292 g/mol. The Hall–Kier alpha value is -1.95. The molecular weight excluding hydrogens is 272 g/mol. The first-order valence-corrected chi connectivity index (χ1v) is 6.92. The van der Waals surface area contributed by atoms with Crippen molar-refractivity contribution in [2.24, 2.45) is 0 Å². The molecule has 1 aliphatic rings. The van der Waals surface area contributed by atoms with Gasteiger partial charge in [-0.2, -0.15) is 0 Å². The zero-order valence-corrected chi connectivity index (χ0v) is 12.8. The molecule has 6 heteroatoms. The summed E-state index contributed by atoms with van der Waals surface area (Å²) >= 11 is 0. The van der Waals surface area contributed by atoms with Gasteiger partial charge in [-0.05, 0) is 33.8 Å². The molecular formula is C15H20N2O4. The minimum Gasteiger partial charge on any atom is -0.369 e. The lowest BCUT2D eigenvalue weighted by Gasteiger charge is -2.41. The fourth-order valence-electron chi connectivity index (χ4n) is 2.73. The van der Waals surface area contributed by atoms with E-state index in [0.29, 0.717) is 24.2 Å². The minimum atomic E-state index is -0.460. The van der Waals surface area contributed by atoms with Crippen molar-refractivity contribution in [1.82, 2.24) is 4.90 Å². The quantitative estimate of drug-likeness (QED) is 0.620. The molecule has 1 aromatic rings. The SMILES string of the molecule is Cc1ccc(C(=O)N2CC(C)OC(C)(C)C2)cc1[N+](=O)[O-]. The number of amides is 1. The predicted molar refractivity (Wildman–Crippen MR) is 78.4 cm³/mol. The van der Waals surface area contributed by atoms with Crippen LogP contribution in [-0.2, 0) is 4.74 Å². The van der Waals surface area contributed by atoms with Gasteiger partial charge in [-0.3, -0.25) is 14.9 Å². The predicted octanol–water partition coefficient (Wildman–Crippen LogP) is 2.54. The minimum absolute atomic E-state index is 0.0265. The van der Waals surface area contributed by atoms with Crippen LogP contribution in [0.15, 0.2) is 18.2 Å². The first-order chi connectivity index (χ1) is 9.69. The topological polar surface area (TPSA) is 72.7 Å². The lowest BCUT2D eigenvalue weighted by molar-refractivity contribution is -0.385. The third kappa shape index (κ3) is 3.39. The summed E-state index contributed by atoms with van der Waals surface area (Å²) in [6.45, 7) is 8.40. The van der Waals surface area contributed by atoms with Crippen LogP contribution >= 0.6 is 0 Å². The fourth-order valence-corrected chi connectivity index (χ4v) is 2.73. The van der Waals surface area contributed by atoms with Crippen molar-refractivity contribution in [3.63, 3.8) is 0 Å². The zero-order chi connectivity index (χ0) is 15.8. The maximum atomic E-state index is 12.6. The maximum absolute atomic E-state index is 12.6. The summed E-state index contributed by atoms with van der Waals surface area (Å²) in [6.07, 6.45) is -0.0573. The maximum Gasteiger partial charge on any atom is 0.273 e. The number of hydrogen-bond acceptors (Lipinski definition) is 4. The summed E-state index contributed by atoms with van der Waals surface area (Å²) in [5.41, 5.74) is 0.454. The zero-order valence-electron chi connectivity index (χ0n) is 12.8. The average molecular weight is 292 g/mol. The fraction of sp³-hybridized carbons (Fsp3) is 0.533. The van der Waals surface area contributed by atoms with Gasteiger partial charge in [0, 0.05) is 30.3 Å². The van der Waals surface area contributed by atoms with E-state index in [-0.39, 0.29) is 17.7 Å². The Morgan fingerprint density at radius 1 is 1.48 bits per heavy atom. The van der Waals surface area contributed by atoms with Crippen LogP contribution in [0.5, 0.6) is 0 Å². The molecule has 0 spiro atoms. The summed E-state index contributed by atoms with van der Waals surface area (Å²) in [7, 11) is 0. The third-order valence-electron chi connectivity index (χ3n) is 3.51. The molecule has 1 heterocycles. The second kappa shape index (κ2) is 5.44. The summed E-state index contributed by atoms with van der Waals surface area (Å²) in [5.74, 6) is -0.193. The largest absolute Gasteiger partial charge is 0.369 e. The van der Waals surface area contributed by atoms with Gasteiger partial charge in [-0.15, -0.1) is 0 Å². The van der Waals surface area contributed by atoms with E-state index < -0.39 is 10.5 Å². The number of carbonyl (C=O) groups excluding carboxylic acids is 1. The molecule has 0 aromatic heterocycles. The van der Waals surface area contributed by atoms with Gasteiger partial charge in [0.05, 0.1) is 16.6 Å². The van der Waals surface area contributed by atoms with Crippen LogP contribution < -0.4 is 0 Å². The van der Waals surface area contributed by atoms with Gasteiger partial charge in [0.15, 0.2) is 0 Å². The van der Waals surface area contributed by atoms with Crippen LogP contribution in [0.25, 0.3) is 0 Å². The van der Waals surface area contributed by atoms with Gasteiger partial charge in [0.2, 0.25) is 0 Å². The number of nitro benzene ring substituents is 1. The van der Waals surface area contributed by atoms with E-state index >= 15 is 0 Å². The van der Waals surface area contributed by atoms with E-state index in [2.05, 4.69) is 0 Å². The standard InChI is InChI=1S/C15H20N2O4/c1-10-5-6-12(7-13(10)17(19)20)14(18)16-8-11(2)21-15(3,4)9-16/h5-7,11H,8-9H2,1-4H3. The highest BCUT2D eigenvalue weighted by Crippen LogP contribution is 2.24.